The van der Waals surface area contributed by atoms with Crippen LogP contribution in [0.5, 0.6) is 5.75 Å². The molecule has 5 heteroatoms. The van der Waals surface area contributed by atoms with Crippen molar-refractivity contribution in [1.29, 1.82) is 0 Å². The van der Waals surface area contributed by atoms with Crippen LogP contribution in [-0.4, -0.2) is 16.9 Å². The summed E-state index contributed by atoms with van der Waals surface area (Å²) in [6.45, 7) is 6.18. The normalized spacial score (nSPS) is 12.5. The van der Waals surface area contributed by atoms with E-state index in [-0.39, 0.29) is 6.04 Å². The highest BCUT2D eigenvalue weighted by atomic mass is 16.5. The van der Waals surface area contributed by atoms with Crippen molar-refractivity contribution in [3.63, 3.8) is 0 Å². The average Bonchev–Trinajstić information content (AvgIpc) is 2.70. The molecule has 0 spiro atoms. The van der Waals surface area contributed by atoms with E-state index in [4.69, 9.17) is 10.6 Å². The molecule has 0 saturated carbocycles. The molecule has 2 rings (SSSR count). The molecule has 0 aliphatic rings. The Morgan fingerprint density at radius 2 is 2.05 bits per heavy atom. The number of hydrazine groups is 1. The number of hydrogen-bond acceptors (Lipinski definition) is 4. The summed E-state index contributed by atoms with van der Waals surface area (Å²) in [5.74, 6) is 6.65. The van der Waals surface area contributed by atoms with Crippen LogP contribution < -0.4 is 16.0 Å². The van der Waals surface area contributed by atoms with Crippen LogP contribution in [0.15, 0.2) is 18.2 Å². The van der Waals surface area contributed by atoms with Gasteiger partial charge in [-0.05, 0) is 38.8 Å². The molecular formula is C16H24N4O. The Kier molecular flexibility index (Phi) is 4.65. The van der Waals surface area contributed by atoms with Gasteiger partial charge >= 0.3 is 0 Å². The van der Waals surface area contributed by atoms with Gasteiger partial charge in [0.2, 0.25) is 0 Å². The molecule has 5 nitrogen and oxygen atoms in total. The van der Waals surface area contributed by atoms with Gasteiger partial charge in [0, 0.05) is 18.3 Å². The Bertz CT molecular complexity index is 633. The highest BCUT2D eigenvalue weighted by molar-refractivity contribution is 5.40. The van der Waals surface area contributed by atoms with E-state index in [1.807, 2.05) is 30.8 Å². The lowest BCUT2D eigenvalue weighted by Gasteiger charge is -2.20. The second kappa shape index (κ2) is 6.28. The fraction of sp³-hybridized carbons (Fsp3) is 0.438. The van der Waals surface area contributed by atoms with Crippen LogP contribution in [-0.2, 0) is 13.5 Å². The van der Waals surface area contributed by atoms with E-state index in [9.17, 15) is 0 Å². The van der Waals surface area contributed by atoms with Gasteiger partial charge in [0.25, 0.3) is 0 Å². The van der Waals surface area contributed by atoms with Crippen LogP contribution >= 0.6 is 0 Å². The number of methoxy groups -OCH3 is 1. The quantitative estimate of drug-likeness (QED) is 0.653. The summed E-state index contributed by atoms with van der Waals surface area (Å²) in [4.78, 5) is 0. The number of aromatic nitrogens is 2. The van der Waals surface area contributed by atoms with E-state index in [0.717, 1.165) is 23.4 Å². The second-order valence-corrected chi connectivity index (χ2v) is 5.44. The molecule has 0 bridgehead atoms. The van der Waals surface area contributed by atoms with Crippen molar-refractivity contribution in [2.45, 2.75) is 33.2 Å². The van der Waals surface area contributed by atoms with Crippen molar-refractivity contribution < 1.29 is 4.74 Å². The molecule has 21 heavy (non-hydrogen) atoms. The lowest BCUT2D eigenvalue weighted by molar-refractivity contribution is 0.398. The minimum absolute atomic E-state index is 0.0125. The fourth-order valence-corrected chi connectivity index (χ4v) is 2.70. The van der Waals surface area contributed by atoms with E-state index < -0.39 is 0 Å². The lowest BCUT2D eigenvalue weighted by atomic mass is 9.96. The number of aryl methyl sites for hydroxylation is 3. The van der Waals surface area contributed by atoms with Crippen molar-refractivity contribution in [3.05, 3.63) is 46.3 Å². The maximum absolute atomic E-state index is 5.80. The average molecular weight is 288 g/mol. The Hall–Kier alpha value is -1.85. The van der Waals surface area contributed by atoms with Gasteiger partial charge in [-0.1, -0.05) is 17.7 Å². The molecule has 2 aromatic rings. The molecule has 0 aliphatic heterocycles. The molecule has 1 aromatic heterocycles. The number of hydrogen-bond donors (Lipinski definition) is 2. The van der Waals surface area contributed by atoms with Crippen molar-refractivity contribution in [3.8, 4) is 5.75 Å². The Morgan fingerprint density at radius 3 is 2.57 bits per heavy atom. The van der Waals surface area contributed by atoms with E-state index in [0.29, 0.717) is 0 Å². The van der Waals surface area contributed by atoms with E-state index >= 15 is 0 Å². The summed E-state index contributed by atoms with van der Waals surface area (Å²) in [6.07, 6.45) is 0.780. The van der Waals surface area contributed by atoms with Gasteiger partial charge in [0.1, 0.15) is 5.75 Å². The SMILES string of the molecule is COc1ccc(C)cc1C(Cc1c(C)nn(C)c1C)NN. The van der Waals surface area contributed by atoms with E-state index in [1.54, 1.807) is 7.11 Å². The summed E-state index contributed by atoms with van der Waals surface area (Å²) in [7, 11) is 3.65. The smallest absolute Gasteiger partial charge is 0.123 e. The predicted octanol–water partition coefficient (Wildman–Crippen LogP) is 2.10. The molecule has 1 heterocycles. The molecule has 1 aromatic carbocycles. The number of nitrogens with one attached hydrogen (secondary N) is 1. The summed E-state index contributed by atoms with van der Waals surface area (Å²) in [5, 5.41) is 4.47. The van der Waals surface area contributed by atoms with Crippen LogP contribution in [0, 0.1) is 20.8 Å². The number of rotatable bonds is 5. The molecule has 0 amide bonds. The summed E-state index contributed by atoms with van der Waals surface area (Å²) in [6, 6.07) is 6.13. The van der Waals surface area contributed by atoms with Crippen LogP contribution in [0.25, 0.3) is 0 Å². The van der Waals surface area contributed by atoms with E-state index in [1.165, 1.54) is 16.8 Å². The number of benzene rings is 1. The van der Waals surface area contributed by atoms with Gasteiger partial charge in [0.15, 0.2) is 0 Å². The predicted molar refractivity (Wildman–Crippen MR) is 84.2 cm³/mol. The lowest BCUT2D eigenvalue weighted by Crippen LogP contribution is -2.30. The Morgan fingerprint density at radius 1 is 1.33 bits per heavy atom. The molecule has 0 aliphatic carbocycles. The zero-order valence-electron chi connectivity index (χ0n) is 13.4. The molecule has 0 radical (unpaired) electrons. The first-order valence-electron chi connectivity index (χ1n) is 7.07. The topological polar surface area (TPSA) is 65.1 Å². The largest absolute Gasteiger partial charge is 0.496 e. The Balaban J connectivity index is 2.38. The monoisotopic (exact) mass is 288 g/mol. The first-order chi connectivity index (χ1) is 9.97. The van der Waals surface area contributed by atoms with Crippen molar-refractivity contribution >= 4 is 0 Å². The summed E-state index contributed by atoms with van der Waals surface area (Å²) in [5.41, 5.74) is 8.61. The highest BCUT2D eigenvalue weighted by Gasteiger charge is 2.19. The third-order valence-electron chi connectivity index (χ3n) is 4.03. The van der Waals surface area contributed by atoms with Gasteiger partial charge in [-0.15, -0.1) is 0 Å². The summed E-state index contributed by atoms with van der Waals surface area (Å²) >= 11 is 0. The molecule has 0 fully saturated rings. The number of ether oxygens (including phenoxy) is 1. The molecular weight excluding hydrogens is 264 g/mol. The maximum atomic E-state index is 5.80. The molecule has 0 saturated heterocycles. The second-order valence-electron chi connectivity index (χ2n) is 5.44. The van der Waals surface area contributed by atoms with Crippen LogP contribution in [0.4, 0.5) is 0 Å². The van der Waals surface area contributed by atoms with Gasteiger partial charge in [-0.25, -0.2) is 0 Å². The molecule has 3 N–H and O–H groups in total. The molecule has 114 valence electrons. The van der Waals surface area contributed by atoms with Gasteiger partial charge in [0.05, 0.1) is 18.8 Å². The van der Waals surface area contributed by atoms with E-state index in [2.05, 4.69) is 30.4 Å². The third kappa shape index (κ3) is 3.09. The van der Waals surface area contributed by atoms with Crippen LogP contribution in [0.3, 0.4) is 0 Å². The number of nitrogens with zero attached hydrogens (tertiary/aromatic N) is 2. The Labute approximate surface area is 126 Å². The third-order valence-corrected chi connectivity index (χ3v) is 4.03. The van der Waals surface area contributed by atoms with Gasteiger partial charge in [-0.2, -0.15) is 5.10 Å². The van der Waals surface area contributed by atoms with Crippen molar-refractivity contribution in [2.24, 2.45) is 12.9 Å². The minimum Gasteiger partial charge on any atom is -0.496 e. The first kappa shape index (κ1) is 15.5. The molecule has 1 unspecified atom stereocenters. The summed E-state index contributed by atoms with van der Waals surface area (Å²) < 4.78 is 7.38. The van der Waals surface area contributed by atoms with Crippen LogP contribution in [0.1, 0.15) is 34.1 Å². The highest BCUT2D eigenvalue weighted by Crippen LogP contribution is 2.29. The van der Waals surface area contributed by atoms with Crippen LogP contribution in [0.2, 0.25) is 0 Å². The standard InChI is InChI=1S/C16H24N4O/c1-10-6-7-16(21-5)14(8-10)15(18-17)9-13-11(2)19-20(4)12(13)3/h6-8,15,18H,9,17H2,1-5H3. The van der Waals surface area contributed by atoms with Gasteiger partial charge in [-0.3, -0.25) is 16.0 Å². The van der Waals surface area contributed by atoms with Crippen molar-refractivity contribution in [2.75, 3.05) is 7.11 Å². The van der Waals surface area contributed by atoms with Gasteiger partial charge < -0.3 is 4.74 Å². The first-order valence-corrected chi connectivity index (χ1v) is 7.07. The minimum atomic E-state index is -0.0125. The number of nitrogens with two attached hydrogens (primary N) is 1. The maximum Gasteiger partial charge on any atom is 0.123 e. The van der Waals surface area contributed by atoms with Crippen molar-refractivity contribution in [1.82, 2.24) is 15.2 Å². The fourth-order valence-electron chi connectivity index (χ4n) is 2.70. The zero-order valence-corrected chi connectivity index (χ0v) is 13.4. The zero-order chi connectivity index (χ0) is 15.6. The molecule has 1 atom stereocenters.